The molecule has 2 heterocycles. The van der Waals surface area contributed by atoms with Crippen molar-refractivity contribution in [3.05, 3.63) is 53.2 Å². The van der Waals surface area contributed by atoms with Gasteiger partial charge in [0.2, 0.25) is 12.7 Å². The molecule has 0 radical (unpaired) electrons. The molecule has 2 aliphatic rings. The second-order valence-corrected chi connectivity index (χ2v) is 5.55. The molecule has 2 aliphatic heterocycles. The molecule has 0 aliphatic carbocycles. The van der Waals surface area contributed by atoms with Crippen molar-refractivity contribution in [3.8, 4) is 23.0 Å². The fourth-order valence-electron chi connectivity index (χ4n) is 2.63. The van der Waals surface area contributed by atoms with E-state index in [4.69, 9.17) is 23.7 Å². The van der Waals surface area contributed by atoms with Gasteiger partial charge in [0.05, 0.1) is 14.2 Å². The summed E-state index contributed by atoms with van der Waals surface area (Å²) in [5.41, 5.74) is 1.53. The molecule has 0 N–H and O–H groups in total. The molecule has 7 nitrogen and oxygen atoms in total. The standard InChI is InChI=1S/C19H15NO6/c1-22-13-5-11(6-14(9-13)23-2)7-15-19(21)26-18(20-15)12-3-4-16-17(8-12)25-10-24-16/h3-9H,10H2,1-2H3/b15-7-. The van der Waals surface area contributed by atoms with Crippen LogP contribution < -0.4 is 18.9 Å². The number of nitrogens with zero attached hydrogens (tertiary/aromatic N) is 1. The number of benzene rings is 2. The zero-order valence-corrected chi connectivity index (χ0v) is 14.1. The first-order chi connectivity index (χ1) is 12.7. The average molecular weight is 353 g/mol. The number of methoxy groups -OCH3 is 2. The normalized spacial score (nSPS) is 16.5. The quantitative estimate of drug-likeness (QED) is 0.621. The Balaban J connectivity index is 1.67. The number of hydrogen-bond acceptors (Lipinski definition) is 7. The zero-order chi connectivity index (χ0) is 18.1. The van der Waals surface area contributed by atoms with E-state index >= 15 is 0 Å². The van der Waals surface area contributed by atoms with Gasteiger partial charge in [0, 0.05) is 11.6 Å². The smallest absolute Gasteiger partial charge is 0.363 e. The lowest BCUT2D eigenvalue weighted by molar-refractivity contribution is -0.129. The molecule has 2 aromatic carbocycles. The molecule has 0 atom stereocenters. The maximum absolute atomic E-state index is 12.2. The van der Waals surface area contributed by atoms with E-state index in [1.807, 2.05) is 0 Å². The van der Waals surface area contributed by atoms with Gasteiger partial charge in [-0.25, -0.2) is 9.79 Å². The van der Waals surface area contributed by atoms with E-state index in [0.717, 1.165) is 0 Å². The van der Waals surface area contributed by atoms with E-state index in [-0.39, 0.29) is 18.4 Å². The second-order valence-electron chi connectivity index (χ2n) is 5.55. The van der Waals surface area contributed by atoms with Crippen LogP contribution in [0.1, 0.15) is 11.1 Å². The van der Waals surface area contributed by atoms with Crippen LogP contribution in [0, 0.1) is 0 Å². The molecule has 0 aromatic heterocycles. The van der Waals surface area contributed by atoms with Crippen LogP contribution in [0.15, 0.2) is 47.1 Å². The first kappa shape index (κ1) is 16.0. The monoisotopic (exact) mass is 353 g/mol. The van der Waals surface area contributed by atoms with Gasteiger partial charge in [-0.2, -0.15) is 0 Å². The Morgan fingerprint density at radius 2 is 1.73 bits per heavy atom. The number of aliphatic imine (C=N–C) groups is 1. The van der Waals surface area contributed by atoms with Crippen LogP contribution in [-0.4, -0.2) is 32.9 Å². The van der Waals surface area contributed by atoms with Gasteiger partial charge in [-0.1, -0.05) is 0 Å². The van der Waals surface area contributed by atoms with Crippen LogP contribution in [0.2, 0.25) is 0 Å². The molecular weight excluding hydrogens is 338 g/mol. The number of hydrogen-bond donors (Lipinski definition) is 0. The minimum atomic E-state index is -0.528. The summed E-state index contributed by atoms with van der Waals surface area (Å²) in [4.78, 5) is 16.5. The van der Waals surface area contributed by atoms with Gasteiger partial charge in [0.25, 0.3) is 0 Å². The Morgan fingerprint density at radius 3 is 2.46 bits per heavy atom. The number of cyclic esters (lactones) is 1. The maximum atomic E-state index is 12.2. The molecule has 0 saturated carbocycles. The fourth-order valence-corrected chi connectivity index (χ4v) is 2.63. The van der Waals surface area contributed by atoms with Crippen LogP contribution in [0.5, 0.6) is 23.0 Å². The summed E-state index contributed by atoms with van der Waals surface area (Å²) >= 11 is 0. The predicted molar refractivity (Wildman–Crippen MR) is 92.7 cm³/mol. The Labute approximate surface area is 149 Å². The van der Waals surface area contributed by atoms with Crippen LogP contribution >= 0.6 is 0 Å². The van der Waals surface area contributed by atoms with Crippen LogP contribution in [-0.2, 0) is 9.53 Å². The van der Waals surface area contributed by atoms with Gasteiger partial charge in [-0.15, -0.1) is 0 Å². The zero-order valence-electron chi connectivity index (χ0n) is 14.1. The van der Waals surface area contributed by atoms with Crippen molar-refractivity contribution >= 4 is 17.9 Å². The third kappa shape index (κ3) is 2.95. The van der Waals surface area contributed by atoms with E-state index in [2.05, 4.69) is 4.99 Å². The number of carbonyl (C=O) groups excluding carboxylic acids is 1. The fraction of sp³-hybridized carbons (Fsp3) is 0.158. The van der Waals surface area contributed by atoms with Crippen molar-refractivity contribution in [3.63, 3.8) is 0 Å². The summed E-state index contributed by atoms with van der Waals surface area (Å²) in [5, 5.41) is 0. The maximum Gasteiger partial charge on any atom is 0.363 e. The first-order valence-corrected chi connectivity index (χ1v) is 7.82. The number of carbonyl (C=O) groups is 1. The minimum absolute atomic E-state index is 0.174. The molecule has 4 rings (SSSR count). The van der Waals surface area contributed by atoms with Crippen molar-refractivity contribution < 1.29 is 28.5 Å². The number of ether oxygens (including phenoxy) is 5. The van der Waals surface area contributed by atoms with Crippen molar-refractivity contribution in [1.82, 2.24) is 0 Å². The van der Waals surface area contributed by atoms with E-state index in [0.29, 0.717) is 34.1 Å². The van der Waals surface area contributed by atoms with E-state index < -0.39 is 5.97 Å². The Morgan fingerprint density at radius 1 is 1.00 bits per heavy atom. The molecule has 0 saturated heterocycles. The number of rotatable bonds is 4. The van der Waals surface area contributed by atoms with Crippen LogP contribution in [0.25, 0.3) is 6.08 Å². The van der Waals surface area contributed by atoms with Gasteiger partial charge in [0.1, 0.15) is 11.5 Å². The molecule has 2 aromatic rings. The molecule has 0 fully saturated rings. The highest BCUT2D eigenvalue weighted by atomic mass is 16.7. The van der Waals surface area contributed by atoms with Gasteiger partial charge in [0.15, 0.2) is 17.2 Å². The lowest BCUT2D eigenvalue weighted by atomic mass is 10.1. The summed E-state index contributed by atoms with van der Waals surface area (Å²) in [6.07, 6.45) is 1.62. The molecule has 0 amide bonds. The highest BCUT2D eigenvalue weighted by molar-refractivity contribution is 6.13. The predicted octanol–water partition coefficient (Wildman–Crippen LogP) is 2.78. The summed E-state index contributed by atoms with van der Waals surface area (Å²) in [5.74, 6) is 2.16. The molecule has 0 bridgehead atoms. The lowest BCUT2D eigenvalue weighted by Crippen LogP contribution is -2.05. The third-order valence-corrected chi connectivity index (χ3v) is 3.92. The molecule has 132 valence electrons. The molecule has 26 heavy (non-hydrogen) atoms. The van der Waals surface area contributed by atoms with E-state index in [1.165, 1.54) is 0 Å². The minimum Gasteiger partial charge on any atom is -0.497 e. The summed E-state index contributed by atoms with van der Waals surface area (Å²) in [7, 11) is 3.12. The Kier molecular flexibility index (Phi) is 3.96. The topological polar surface area (TPSA) is 75.6 Å². The third-order valence-electron chi connectivity index (χ3n) is 3.92. The molecule has 0 spiro atoms. The molecule has 0 unspecified atom stereocenters. The highest BCUT2D eigenvalue weighted by Gasteiger charge is 2.26. The number of fused-ring (bicyclic) bond motifs is 1. The second kappa shape index (κ2) is 6.44. The van der Waals surface area contributed by atoms with Crippen LogP contribution in [0.4, 0.5) is 0 Å². The van der Waals surface area contributed by atoms with Gasteiger partial charge < -0.3 is 23.7 Å². The Hall–Kier alpha value is -3.48. The summed E-state index contributed by atoms with van der Waals surface area (Å²) < 4.78 is 26.4. The van der Waals surface area contributed by atoms with Crippen LogP contribution in [0.3, 0.4) is 0 Å². The summed E-state index contributed by atoms with van der Waals surface area (Å²) in [6.45, 7) is 0.174. The lowest BCUT2D eigenvalue weighted by Gasteiger charge is -2.05. The first-order valence-electron chi connectivity index (χ1n) is 7.82. The van der Waals surface area contributed by atoms with Crippen molar-refractivity contribution in [2.75, 3.05) is 21.0 Å². The van der Waals surface area contributed by atoms with Gasteiger partial charge in [-0.3, -0.25) is 0 Å². The SMILES string of the molecule is COc1cc(/C=C2\N=C(c3ccc4c(c3)OCO4)OC2=O)cc(OC)c1. The largest absolute Gasteiger partial charge is 0.497 e. The molecule has 7 heteroatoms. The number of esters is 1. The van der Waals surface area contributed by atoms with Crippen molar-refractivity contribution in [2.45, 2.75) is 0 Å². The highest BCUT2D eigenvalue weighted by Crippen LogP contribution is 2.33. The van der Waals surface area contributed by atoms with Gasteiger partial charge in [-0.05, 0) is 42.0 Å². The van der Waals surface area contributed by atoms with E-state index in [9.17, 15) is 4.79 Å². The summed E-state index contributed by atoms with van der Waals surface area (Å²) in [6, 6.07) is 10.5. The average Bonchev–Trinajstić information content (AvgIpc) is 3.27. The molecular formula is C19H15NO6. The van der Waals surface area contributed by atoms with Gasteiger partial charge >= 0.3 is 5.97 Å². The Bertz CT molecular complexity index is 925. The van der Waals surface area contributed by atoms with E-state index in [1.54, 1.807) is 56.7 Å². The van der Waals surface area contributed by atoms with Crippen molar-refractivity contribution in [2.24, 2.45) is 4.99 Å². The van der Waals surface area contributed by atoms with Crippen molar-refractivity contribution in [1.29, 1.82) is 0 Å².